The zero-order valence-corrected chi connectivity index (χ0v) is 21.6. The average molecular weight is 566 g/mol. The maximum atomic E-state index is 10.7. The van der Waals surface area contributed by atoms with E-state index in [2.05, 4.69) is 44.8 Å². The van der Waals surface area contributed by atoms with Crippen molar-refractivity contribution in [2.24, 2.45) is 4.99 Å². The van der Waals surface area contributed by atoms with E-state index in [1.54, 1.807) is 11.3 Å². The molecule has 6 nitrogen and oxygen atoms in total. The van der Waals surface area contributed by atoms with Crippen LogP contribution in [0.2, 0.25) is 0 Å². The zero-order valence-electron chi connectivity index (χ0n) is 18.5. The molecule has 2 aromatic heterocycles. The van der Waals surface area contributed by atoms with Crippen molar-refractivity contribution < 1.29 is 5.11 Å². The lowest BCUT2D eigenvalue weighted by molar-refractivity contribution is 0.184. The summed E-state index contributed by atoms with van der Waals surface area (Å²) in [6.45, 7) is 5.95. The molecule has 0 aliphatic carbocycles. The molecule has 3 heterocycles. The van der Waals surface area contributed by atoms with Crippen LogP contribution in [0.15, 0.2) is 53.7 Å². The largest absolute Gasteiger partial charge is 0.386 e. The number of aromatic nitrogens is 1. The van der Waals surface area contributed by atoms with Crippen molar-refractivity contribution in [2.75, 3.05) is 31.1 Å². The topological polar surface area (TPSA) is 72.8 Å². The van der Waals surface area contributed by atoms with Crippen LogP contribution in [0.25, 0.3) is 10.1 Å². The monoisotopic (exact) mass is 565 g/mol. The Morgan fingerprint density at radius 1 is 1.16 bits per heavy atom. The summed E-state index contributed by atoms with van der Waals surface area (Å²) in [5.41, 5.74) is 1.14. The summed E-state index contributed by atoms with van der Waals surface area (Å²) in [7, 11) is 0. The number of halogens is 1. The highest BCUT2D eigenvalue weighted by molar-refractivity contribution is 14.0. The molecule has 1 aromatic carbocycles. The number of aliphatic hydroxyl groups is 1. The molecule has 1 aliphatic heterocycles. The number of aliphatic imine (C=N–C) groups is 1. The van der Waals surface area contributed by atoms with Gasteiger partial charge in [0.1, 0.15) is 11.9 Å². The smallest absolute Gasteiger partial charge is 0.191 e. The zero-order chi connectivity index (χ0) is 21.5. The van der Waals surface area contributed by atoms with Gasteiger partial charge < -0.3 is 20.6 Å². The van der Waals surface area contributed by atoms with Crippen LogP contribution in [0.4, 0.5) is 5.82 Å². The molecule has 0 bridgehead atoms. The Kier molecular flexibility index (Phi) is 9.55. The van der Waals surface area contributed by atoms with Crippen LogP contribution in [0, 0.1) is 0 Å². The van der Waals surface area contributed by atoms with Crippen LogP contribution in [-0.4, -0.2) is 42.2 Å². The summed E-state index contributed by atoms with van der Waals surface area (Å²) in [6, 6.07) is 14.4. The van der Waals surface area contributed by atoms with E-state index < -0.39 is 6.10 Å². The Bertz CT molecular complexity index is 985. The van der Waals surface area contributed by atoms with E-state index >= 15 is 0 Å². The predicted molar refractivity (Wildman–Crippen MR) is 145 cm³/mol. The summed E-state index contributed by atoms with van der Waals surface area (Å²) in [6.07, 6.45) is 5.08. The second kappa shape index (κ2) is 12.4. The van der Waals surface area contributed by atoms with Crippen molar-refractivity contribution in [3.8, 4) is 0 Å². The number of pyridine rings is 1. The van der Waals surface area contributed by atoms with Gasteiger partial charge in [-0.3, -0.25) is 0 Å². The van der Waals surface area contributed by atoms with Crippen molar-refractivity contribution in [1.29, 1.82) is 0 Å². The van der Waals surface area contributed by atoms with Crippen molar-refractivity contribution in [2.45, 2.75) is 38.8 Å². The van der Waals surface area contributed by atoms with E-state index in [1.807, 2.05) is 31.3 Å². The second-order valence-corrected chi connectivity index (χ2v) is 8.96. The lowest BCUT2D eigenvalue weighted by atomic mass is 10.1. The van der Waals surface area contributed by atoms with Gasteiger partial charge in [0.15, 0.2) is 5.96 Å². The number of nitrogens with one attached hydrogen (secondary N) is 2. The number of hydrogen-bond acceptors (Lipinski definition) is 5. The van der Waals surface area contributed by atoms with E-state index in [0.29, 0.717) is 19.0 Å². The third-order valence-electron chi connectivity index (χ3n) is 5.49. The second-order valence-electron chi connectivity index (χ2n) is 7.85. The number of anilines is 1. The van der Waals surface area contributed by atoms with Gasteiger partial charge in [-0.15, -0.1) is 35.3 Å². The highest BCUT2D eigenvalue weighted by Gasteiger charge is 2.13. The molecule has 1 fully saturated rings. The molecule has 0 amide bonds. The average Bonchev–Trinajstić information content (AvgIpc) is 3.26. The first-order valence-electron chi connectivity index (χ1n) is 11.1. The van der Waals surface area contributed by atoms with E-state index in [9.17, 15) is 5.11 Å². The van der Waals surface area contributed by atoms with Crippen LogP contribution in [-0.2, 0) is 6.54 Å². The van der Waals surface area contributed by atoms with Gasteiger partial charge in [-0.05, 0) is 61.4 Å². The maximum Gasteiger partial charge on any atom is 0.191 e. The fourth-order valence-electron chi connectivity index (χ4n) is 3.83. The molecule has 0 spiro atoms. The molecule has 0 saturated carbocycles. The molecular weight excluding hydrogens is 533 g/mol. The number of fused-ring (bicyclic) bond motifs is 1. The first kappa shape index (κ1) is 24.7. The normalized spacial score (nSPS) is 15.3. The molecule has 1 aliphatic rings. The van der Waals surface area contributed by atoms with Crippen molar-refractivity contribution in [1.82, 2.24) is 15.6 Å². The highest BCUT2D eigenvalue weighted by Crippen LogP contribution is 2.29. The minimum absolute atomic E-state index is 0. The van der Waals surface area contributed by atoms with Gasteiger partial charge in [0.25, 0.3) is 0 Å². The number of rotatable bonds is 7. The molecule has 3 N–H and O–H groups in total. The van der Waals surface area contributed by atoms with Gasteiger partial charge in [-0.1, -0.05) is 18.2 Å². The van der Waals surface area contributed by atoms with E-state index in [-0.39, 0.29) is 24.0 Å². The molecule has 8 heteroatoms. The number of thiophene rings is 1. The Hall–Kier alpha value is -1.91. The van der Waals surface area contributed by atoms with Crippen molar-refractivity contribution >= 4 is 57.2 Å². The van der Waals surface area contributed by atoms with Gasteiger partial charge in [0, 0.05) is 42.0 Å². The van der Waals surface area contributed by atoms with Crippen molar-refractivity contribution in [3.05, 3.63) is 59.1 Å². The van der Waals surface area contributed by atoms with E-state index in [0.717, 1.165) is 35.9 Å². The fourth-order valence-corrected chi connectivity index (χ4v) is 4.88. The molecule has 172 valence electrons. The Balaban J connectivity index is 0.00000289. The van der Waals surface area contributed by atoms with Crippen LogP contribution in [0.3, 0.4) is 0 Å². The molecule has 32 heavy (non-hydrogen) atoms. The molecule has 1 atom stereocenters. The minimum atomic E-state index is -0.576. The van der Waals surface area contributed by atoms with E-state index in [1.165, 1.54) is 29.3 Å². The molecular formula is C24H32IN5OS. The minimum Gasteiger partial charge on any atom is -0.386 e. The highest BCUT2D eigenvalue weighted by atomic mass is 127. The van der Waals surface area contributed by atoms with Gasteiger partial charge >= 0.3 is 0 Å². The van der Waals surface area contributed by atoms with Crippen molar-refractivity contribution in [3.63, 3.8) is 0 Å². The first-order valence-corrected chi connectivity index (χ1v) is 11.9. The predicted octanol–water partition coefficient (Wildman–Crippen LogP) is 4.69. The van der Waals surface area contributed by atoms with Crippen LogP contribution in [0.5, 0.6) is 0 Å². The number of nitrogens with zero attached hydrogens (tertiary/aromatic N) is 3. The first-order chi connectivity index (χ1) is 15.2. The molecule has 4 rings (SSSR count). The van der Waals surface area contributed by atoms with Crippen LogP contribution in [0.1, 0.15) is 42.7 Å². The standard InChI is InChI=1S/C24H31N5OS.HI/c1-2-25-24(28-17-20(30)22-15-19-8-4-5-9-21(19)31-22)27-16-18-10-11-26-23(14-18)29-12-6-3-7-13-29;/h4-5,8-11,14-15,20,30H,2-3,6-7,12-13,16-17H2,1H3,(H2,25,27,28);1H. The lowest BCUT2D eigenvalue weighted by Crippen LogP contribution is -2.39. The number of guanidine groups is 1. The van der Waals surface area contributed by atoms with Gasteiger partial charge in [-0.2, -0.15) is 0 Å². The Morgan fingerprint density at radius 2 is 1.97 bits per heavy atom. The van der Waals surface area contributed by atoms with E-state index in [4.69, 9.17) is 4.99 Å². The fraction of sp³-hybridized carbons (Fsp3) is 0.417. The SMILES string of the molecule is CCNC(=NCc1ccnc(N2CCCCC2)c1)NCC(O)c1cc2ccccc2s1.I. The summed E-state index contributed by atoms with van der Waals surface area (Å²) in [5.74, 6) is 1.75. The molecule has 3 aromatic rings. The van der Waals surface area contributed by atoms with Crippen LogP contribution >= 0.6 is 35.3 Å². The quantitative estimate of drug-likeness (QED) is 0.220. The lowest BCUT2D eigenvalue weighted by Gasteiger charge is -2.27. The number of benzene rings is 1. The summed E-state index contributed by atoms with van der Waals surface area (Å²) in [5, 5.41) is 18.4. The maximum absolute atomic E-state index is 10.7. The van der Waals surface area contributed by atoms with Gasteiger partial charge in [-0.25, -0.2) is 9.98 Å². The Morgan fingerprint density at radius 3 is 2.75 bits per heavy atom. The van der Waals surface area contributed by atoms with Gasteiger partial charge in [0.05, 0.1) is 6.54 Å². The number of aliphatic hydroxyl groups excluding tert-OH is 1. The summed E-state index contributed by atoms with van der Waals surface area (Å²) in [4.78, 5) is 12.6. The molecule has 0 radical (unpaired) electrons. The number of piperidine rings is 1. The van der Waals surface area contributed by atoms with Crippen LogP contribution < -0.4 is 15.5 Å². The summed E-state index contributed by atoms with van der Waals surface area (Å²) < 4.78 is 1.19. The summed E-state index contributed by atoms with van der Waals surface area (Å²) >= 11 is 1.63. The van der Waals surface area contributed by atoms with Gasteiger partial charge in [0.2, 0.25) is 0 Å². The molecule has 1 saturated heterocycles. The third kappa shape index (κ3) is 6.55. The Labute approximate surface area is 211 Å². The number of hydrogen-bond donors (Lipinski definition) is 3. The molecule has 1 unspecified atom stereocenters. The third-order valence-corrected chi connectivity index (χ3v) is 6.71.